The van der Waals surface area contributed by atoms with Crippen LogP contribution in [-0.4, -0.2) is 17.0 Å². The van der Waals surface area contributed by atoms with Crippen molar-refractivity contribution in [1.82, 2.24) is 0 Å². The number of benzene rings is 2. The van der Waals surface area contributed by atoms with Crippen molar-refractivity contribution in [2.45, 2.75) is 13.0 Å². The predicted octanol–water partition coefficient (Wildman–Crippen LogP) is 3.29. The first-order valence-electron chi connectivity index (χ1n) is 6.85. The monoisotopic (exact) mass is 296 g/mol. The molecule has 0 saturated heterocycles. The van der Waals surface area contributed by atoms with Crippen molar-refractivity contribution < 1.29 is 19.4 Å². The Morgan fingerprint density at radius 3 is 2.14 bits per heavy atom. The minimum absolute atomic E-state index is 0.0800. The van der Waals surface area contributed by atoms with Gasteiger partial charge in [0.2, 0.25) is 0 Å². The van der Waals surface area contributed by atoms with Gasteiger partial charge in [-0.1, -0.05) is 66.7 Å². The molecule has 0 unspecified atom stereocenters. The number of hydrogen-bond donors (Lipinski definition) is 1. The summed E-state index contributed by atoms with van der Waals surface area (Å²) in [4.78, 5) is 23.0. The number of hydrogen-bond acceptors (Lipinski definition) is 3. The summed E-state index contributed by atoms with van der Waals surface area (Å²) in [5, 5.41) is 9.23. The molecule has 0 aliphatic carbocycles. The van der Waals surface area contributed by atoms with Gasteiger partial charge in [-0.25, -0.2) is 4.79 Å². The molecule has 2 aromatic carbocycles. The van der Waals surface area contributed by atoms with Crippen LogP contribution in [0.5, 0.6) is 0 Å². The maximum atomic E-state index is 11.7. The van der Waals surface area contributed by atoms with Gasteiger partial charge in [0.15, 0.2) is 0 Å². The normalized spacial score (nSPS) is 11.0. The summed E-state index contributed by atoms with van der Waals surface area (Å²) in [6.45, 7) is 0.182. The lowest BCUT2D eigenvalue weighted by molar-refractivity contribution is -0.143. The lowest BCUT2D eigenvalue weighted by Gasteiger charge is -2.05. The van der Waals surface area contributed by atoms with E-state index in [1.54, 1.807) is 30.3 Å². The first kappa shape index (κ1) is 15.5. The van der Waals surface area contributed by atoms with Gasteiger partial charge in [-0.3, -0.25) is 4.79 Å². The summed E-state index contributed by atoms with van der Waals surface area (Å²) in [5.41, 5.74) is 1.55. The molecule has 4 nitrogen and oxygen atoms in total. The van der Waals surface area contributed by atoms with Crippen LogP contribution in [0.3, 0.4) is 0 Å². The van der Waals surface area contributed by atoms with Gasteiger partial charge in [0.1, 0.15) is 6.61 Å². The van der Waals surface area contributed by atoms with E-state index in [2.05, 4.69) is 0 Å². The molecule has 0 aliphatic heterocycles. The molecule has 112 valence electrons. The van der Waals surface area contributed by atoms with Gasteiger partial charge < -0.3 is 9.84 Å². The summed E-state index contributed by atoms with van der Waals surface area (Å²) in [5.74, 6) is -1.53. The quantitative estimate of drug-likeness (QED) is 0.656. The van der Waals surface area contributed by atoms with Gasteiger partial charge in [0, 0.05) is 0 Å². The molecule has 0 atom stereocenters. The third-order valence-corrected chi connectivity index (χ3v) is 3.03. The number of esters is 1. The highest BCUT2D eigenvalue weighted by Crippen LogP contribution is 2.15. The molecule has 0 fully saturated rings. The molecule has 0 bridgehead atoms. The Labute approximate surface area is 128 Å². The first-order valence-corrected chi connectivity index (χ1v) is 6.85. The van der Waals surface area contributed by atoms with Crippen molar-refractivity contribution >= 4 is 17.5 Å². The molecule has 0 aromatic heterocycles. The van der Waals surface area contributed by atoms with Crippen molar-refractivity contribution in [1.29, 1.82) is 0 Å². The van der Waals surface area contributed by atoms with E-state index < -0.39 is 11.9 Å². The first-order chi connectivity index (χ1) is 10.7. The van der Waals surface area contributed by atoms with Crippen LogP contribution < -0.4 is 0 Å². The van der Waals surface area contributed by atoms with Crippen molar-refractivity contribution in [3.8, 4) is 0 Å². The lowest BCUT2D eigenvalue weighted by Crippen LogP contribution is -2.05. The molecular weight excluding hydrogens is 280 g/mol. The average molecular weight is 296 g/mol. The third kappa shape index (κ3) is 4.59. The lowest BCUT2D eigenvalue weighted by atomic mass is 10.1. The molecule has 0 saturated carbocycles. The van der Waals surface area contributed by atoms with Gasteiger partial charge >= 0.3 is 11.9 Å². The molecule has 2 aromatic rings. The number of carbonyl (C=O) groups is 2. The van der Waals surface area contributed by atoms with E-state index in [0.717, 1.165) is 5.56 Å². The maximum Gasteiger partial charge on any atom is 0.335 e. The summed E-state index contributed by atoms with van der Waals surface area (Å²) in [6, 6.07) is 18.0. The molecule has 1 N–H and O–H groups in total. The van der Waals surface area contributed by atoms with Crippen molar-refractivity contribution in [2.24, 2.45) is 0 Å². The summed E-state index contributed by atoms with van der Waals surface area (Å²) in [6.07, 6.45) is 1.30. The van der Waals surface area contributed by atoms with Crippen LogP contribution in [0, 0.1) is 0 Å². The highest BCUT2D eigenvalue weighted by molar-refractivity contribution is 6.15. The smallest absolute Gasteiger partial charge is 0.335 e. The van der Waals surface area contributed by atoms with Crippen LogP contribution in [-0.2, 0) is 20.9 Å². The summed E-state index contributed by atoms with van der Waals surface area (Å²) >= 11 is 0. The van der Waals surface area contributed by atoms with E-state index in [-0.39, 0.29) is 18.6 Å². The molecule has 0 amide bonds. The second-order valence-corrected chi connectivity index (χ2v) is 4.64. The van der Waals surface area contributed by atoms with Crippen LogP contribution in [0.4, 0.5) is 0 Å². The second-order valence-electron chi connectivity index (χ2n) is 4.64. The van der Waals surface area contributed by atoms with E-state index in [1.165, 1.54) is 6.08 Å². The summed E-state index contributed by atoms with van der Waals surface area (Å²) < 4.78 is 5.12. The van der Waals surface area contributed by atoms with E-state index in [9.17, 15) is 14.7 Å². The molecule has 22 heavy (non-hydrogen) atoms. The minimum Gasteiger partial charge on any atom is -0.478 e. The van der Waals surface area contributed by atoms with E-state index >= 15 is 0 Å². The SMILES string of the molecule is O=C(CC=C(C(=O)O)c1ccccc1)OCc1ccccc1. The minimum atomic E-state index is -1.07. The second kappa shape index (κ2) is 7.78. The largest absolute Gasteiger partial charge is 0.478 e. The zero-order valence-corrected chi connectivity index (χ0v) is 11.9. The number of carbonyl (C=O) groups excluding carboxylic acids is 1. The topological polar surface area (TPSA) is 63.6 Å². The van der Waals surface area contributed by atoms with Crippen LogP contribution in [0.1, 0.15) is 17.5 Å². The zero-order valence-electron chi connectivity index (χ0n) is 11.9. The van der Waals surface area contributed by atoms with E-state index in [4.69, 9.17) is 4.74 Å². The van der Waals surface area contributed by atoms with E-state index in [1.807, 2.05) is 30.3 Å². The number of aliphatic carboxylic acids is 1. The maximum absolute atomic E-state index is 11.7. The Morgan fingerprint density at radius 2 is 1.55 bits per heavy atom. The van der Waals surface area contributed by atoms with Gasteiger partial charge in [0.05, 0.1) is 12.0 Å². The standard InChI is InChI=1S/C18H16O4/c19-17(22-13-14-7-3-1-4-8-14)12-11-16(18(20)21)15-9-5-2-6-10-15/h1-11H,12-13H2,(H,20,21). The van der Waals surface area contributed by atoms with Crippen molar-refractivity contribution in [3.05, 3.63) is 77.9 Å². The predicted molar refractivity (Wildman–Crippen MR) is 82.9 cm³/mol. The number of carboxylic acids is 1. The molecule has 0 aliphatic rings. The average Bonchev–Trinajstić information content (AvgIpc) is 2.55. The molecule has 0 spiro atoms. The van der Waals surface area contributed by atoms with Gasteiger partial charge in [0.25, 0.3) is 0 Å². The van der Waals surface area contributed by atoms with Crippen molar-refractivity contribution in [2.75, 3.05) is 0 Å². The number of ether oxygens (including phenoxy) is 1. The van der Waals surface area contributed by atoms with Crippen LogP contribution >= 0.6 is 0 Å². The fraction of sp³-hybridized carbons (Fsp3) is 0.111. The van der Waals surface area contributed by atoms with Crippen LogP contribution in [0.25, 0.3) is 5.57 Å². The molecule has 0 radical (unpaired) electrons. The van der Waals surface area contributed by atoms with Gasteiger partial charge in [-0.15, -0.1) is 0 Å². The highest BCUT2D eigenvalue weighted by atomic mass is 16.5. The van der Waals surface area contributed by atoms with Gasteiger partial charge in [-0.05, 0) is 11.1 Å². The summed E-state index contributed by atoms with van der Waals surface area (Å²) in [7, 11) is 0. The van der Waals surface area contributed by atoms with E-state index in [0.29, 0.717) is 5.56 Å². The van der Waals surface area contributed by atoms with Crippen LogP contribution in [0.2, 0.25) is 0 Å². The third-order valence-electron chi connectivity index (χ3n) is 3.03. The molecule has 4 heteroatoms. The number of rotatable bonds is 6. The molecular formula is C18H16O4. The molecule has 0 heterocycles. The fourth-order valence-electron chi connectivity index (χ4n) is 1.93. The highest BCUT2D eigenvalue weighted by Gasteiger charge is 2.11. The Morgan fingerprint density at radius 1 is 0.955 bits per heavy atom. The van der Waals surface area contributed by atoms with Crippen molar-refractivity contribution in [3.63, 3.8) is 0 Å². The molecule has 2 rings (SSSR count). The van der Waals surface area contributed by atoms with Gasteiger partial charge in [-0.2, -0.15) is 0 Å². The Bertz CT molecular complexity index is 660. The Balaban J connectivity index is 1.96. The Hall–Kier alpha value is -2.88. The Kier molecular flexibility index (Phi) is 5.49. The van der Waals surface area contributed by atoms with Crippen LogP contribution in [0.15, 0.2) is 66.7 Å². The fourth-order valence-corrected chi connectivity index (χ4v) is 1.93. The number of carboxylic acid groups (broad SMARTS) is 1. The zero-order chi connectivity index (χ0) is 15.8.